The topological polar surface area (TPSA) is 51.0 Å². The highest BCUT2D eigenvalue weighted by molar-refractivity contribution is 5.83. The lowest BCUT2D eigenvalue weighted by molar-refractivity contribution is -0.130. The Balaban J connectivity index is 2.00. The number of fused-ring (bicyclic) bond motifs is 1. The van der Waals surface area contributed by atoms with Crippen LogP contribution in [0.25, 0.3) is 22.2 Å². The molecule has 0 saturated carbocycles. The Labute approximate surface area is 148 Å². The second kappa shape index (κ2) is 7.15. The molecule has 3 aromatic rings. The molecule has 2 heterocycles. The van der Waals surface area contributed by atoms with E-state index in [2.05, 4.69) is 10.1 Å². The van der Waals surface area contributed by atoms with Gasteiger partial charge in [-0.3, -0.25) is 14.5 Å². The first-order chi connectivity index (χ1) is 12.4. The Kier molecular flexibility index (Phi) is 4.92. The van der Waals surface area contributed by atoms with Gasteiger partial charge in [0.05, 0.1) is 17.3 Å². The summed E-state index contributed by atoms with van der Waals surface area (Å²) in [6.45, 7) is 2.49. The summed E-state index contributed by atoms with van der Waals surface area (Å²) in [6, 6.07) is 5.25. The van der Waals surface area contributed by atoms with E-state index in [9.17, 15) is 18.0 Å². The van der Waals surface area contributed by atoms with Gasteiger partial charge in [0, 0.05) is 25.4 Å². The third kappa shape index (κ3) is 3.40. The quantitative estimate of drug-likeness (QED) is 0.696. The van der Waals surface area contributed by atoms with Crippen molar-refractivity contribution in [2.24, 2.45) is 0 Å². The van der Waals surface area contributed by atoms with Crippen LogP contribution in [0.15, 0.2) is 36.7 Å². The van der Waals surface area contributed by atoms with Crippen LogP contribution in [0.5, 0.6) is 0 Å². The highest BCUT2D eigenvalue weighted by Gasteiger charge is 2.16. The standard InChI is InChI=1S/C18H17F3N4O/c1-3-24(2)17(26)10-25-16-7-12(8-22-15(16)9-23-25)11-4-5-14(19)13(6-11)18(20)21/h4-9,18H,3,10H2,1-2H3. The third-order valence-electron chi connectivity index (χ3n) is 4.24. The van der Waals surface area contributed by atoms with Gasteiger partial charge >= 0.3 is 0 Å². The van der Waals surface area contributed by atoms with Crippen LogP contribution in [0, 0.1) is 5.82 Å². The molecule has 0 atom stereocenters. The van der Waals surface area contributed by atoms with Crippen LogP contribution in [0.3, 0.4) is 0 Å². The van der Waals surface area contributed by atoms with Gasteiger partial charge in [-0.05, 0) is 30.7 Å². The number of amides is 1. The number of aromatic nitrogens is 3. The van der Waals surface area contributed by atoms with E-state index in [-0.39, 0.29) is 12.5 Å². The van der Waals surface area contributed by atoms with E-state index in [0.29, 0.717) is 28.7 Å². The molecule has 2 aromatic heterocycles. The molecule has 3 rings (SSSR count). The molecule has 0 saturated heterocycles. The number of nitrogens with zero attached hydrogens (tertiary/aromatic N) is 4. The predicted molar refractivity (Wildman–Crippen MR) is 91.2 cm³/mol. The van der Waals surface area contributed by atoms with Gasteiger partial charge in [0.1, 0.15) is 17.9 Å². The van der Waals surface area contributed by atoms with Crippen molar-refractivity contribution in [3.63, 3.8) is 0 Å². The molecule has 1 aromatic carbocycles. The largest absolute Gasteiger partial charge is 0.344 e. The van der Waals surface area contributed by atoms with Gasteiger partial charge in [0.15, 0.2) is 0 Å². The summed E-state index contributed by atoms with van der Waals surface area (Å²) >= 11 is 0. The fourth-order valence-corrected chi connectivity index (χ4v) is 2.56. The van der Waals surface area contributed by atoms with Gasteiger partial charge in [0.2, 0.25) is 5.91 Å². The molecule has 0 bridgehead atoms. The van der Waals surface area contributed by atoms with Gasteiger partial charge in [-0.1, -0.05) is 6.07 Å². The molecule has 0 aliphatic rings. The molecule has 0 spiro atoms. The van der Waals surface area contributed by atoms with E-state index in [4.69, 9.17) is 0 Å². The fourth-order valence-electron chi connectivity index (χ4n) is 2.56. The maximum atomic E-state index is 13.5. The molecule has 26 heavy (non-hydrogen) atoms. The number of hydrogen-bond acceptors (Lipinski definition) is 3. The van der Waals surface area contributed by atoms with Crippen molar-refractivity contribution >= 4 is 16.9 Å². The minimum absolute atomic E-state index is 0.0463. The monoisotopic (exact) mass is 362 g/mol. The molecule has 8 heteroatoms. The second-order valence-electron chi connectivity index (χ2n) is 5.88. The number of carbonyl (C=O) groups is 1. The smallest absolute Gasteiger partial charge is 0.266 e. The Hall–Kier alpha value is -2.90. The number of halogens is 3. The lowest BCUT2D eigenvalue weighted by atomic mass is 10.0. The van der Waals surface area contributed by atoms with E-state index in [1.54, 1.807) is 18.0 Å². The maximum absolute atomic E-state index is 13.5. The average molecular weight is 362 g/mol. The lowest BCUT2D eigenvalue weighted by Crippen LogP contribution is -2.30. The van der Waals surface area contributed by atoms with Gasteiger partial charge in [-0.25, -0.2) is 13.2 Å². The van der Waals surface area contributed by atoms with Crippen LogP contribution >= 0.6 is 0 Å². The van der Waals surface area contributed by atoms with Crippen LogP contribution in [-0.4, -0.2) is 39.2 Å². The van der Waals surface area contributed by atoms with Gasteiger partial charge < -0.3 is 4.90 Å². The summed E-state index contributed by atoms with van der Waals surface area (Å²) in [6.07, 6.45) is 0.143. The van der Waals surface area contributed by atoms with Crippen molar-refractivity contribution < 1.29 is 18.0 Å². The molecule has 0 unspecified atom stereocenters. The number of hydrogen-bond donors (Lipinski definition) is 0. The summed E-state index contributed by atoms with van der Waals surface area (Å²) in [7, 11) is 1.70. The SMILES string of the molecule is CCN(C)C(=O)Cn1ncc2ncc(-c3ccc(F)c(C(F)F)c3)cc21. The first-order valence-corrected chi connectivity index (χ1v) is 8.04. The third-order valence-corrected chi connectivity index (χ3v) is 4.24. The van der Waals surface area contributed by atoms with E-state index in [1.165, 1.54) is 23.1 Å². The van der Waals surface area contributed by atoms with Crippen LogP contribution < -0.4 is 0 Å². The minimum Gasteiger partial charge on any atom is -0.344 e. The Morgan fingerprint density at radius 1 is 1.23 bits per heavy atom. The number of rotatable bonds is 5. The van der Waals surface area contributed by atoms with Gasteiger partial charge in [-0.15, -0.1) is 0 Å². The molecule has 1 amide bonds. The normalized spacial score (nSPS) is 11.3. The molecule has 0 N–H and O–H groups in total. The fraction of sp³-hybridized carbons (Fsp3) is 0.278. The average Bonchev–Trinajstić information content (AvgIpc) is 3.03. The van der Waals surface area contributed by atoms with Crippen molar-refractivity contribution in [2.75, 3.05) is 13.6 Å². The van der Waals surface area contributed by atoms with E-state index >= 15 is 0 Å². The van der Waals surface area contributed by atoms with Crippen molar-refractivity contribution in [2.45, 2.75) is 19.9 Å². The van der Waals surface area contributed by atoms with Gasteiger partial charge in [0.25, 0.3) is 6.43 Å². The van der Waals surface area contributed by atoms with Gasteiger partial charge in [-0.2, -0.15) is 5.10 Å². The Morgan fingerprint density at radius 3 is 2.69 bits per heavy atom. The van der Waals surface area contributed by atoms with Crippen LogP contribution in [-0.2, 0) is 11.3 Å². The number of carbonyl (C=O) groups excluding carboxylic acids is 1. The van der Waals surface area contributed by atoms with Crippen molar-refractivity contribution in [3.05, 3.63) is 48.0 Å². The summed E-state index contributed by atoms with van der Waals surface area (Å²) in [4.78, 5) is 17.9. The summed E-state index contributed by atoms with van der Waals surface area (Å²) in [5.41, 5.74) is 1.48. The molecule has 0 fully saturated rings. The van der Waals surface area contributed by atoms with E-state index in [0.717, 1.165) is 12.1 Å². The molecular formula is C18H17F3N4O. The zero-order chi connectivity index (χ0) is 18.8. The van der Waals surface area contributed by atoms with Crippen LogP contribution in [0.2, 0.25) is 0 Å². The molecule has 5 nitrogen and oxygen atoms in total. The van der Waals surface area contributed by atoms with Crippen LogP contribution in [0.4, 0.5) is 13.2 Å². The Bertz CT molecular complexity index is 955. The molecular weight excluding hydrogens is 345 g/mol. The minimum atomic E-state index is -2.90. The maximum Gasteiger partial charge on any atom is 0.266 e. The zero-order valence-corrected chi connectivity index (χ0v) is 14.3. The van der Waals surface area contributed by atoms with Crippen molar-refractivity contribution in [1.82, 2.24) is 19.7 Å². The van der Waals surface area contributed by atoms with E-state index < -0.39 is 17.8 Å². The molecule has 136 valence electrons. The number of benzene rings is 1. The highest BCUT2D eigenvalue weighted by atomic mass is 19.3. The molecule has 0 aliphatic carbocycles. The zero-order valence-electron chi connectivity index (χ0n) is 14.3. The molecule has 0 aliphatic heterocycles. The lowest BCUT2D eigenvalue weighted by Gasteiger charge is -2.14. The highest BCUT2D eigenvalue weighted by Crippen LogP contribution is 2.29. The predicted octanol–water partition coefficient (Wildman–Crippen LogP) is 3.65. The van der Waals surface area contributed by atoms with Crippen molar-refractivity contribution in [3.8, 4) is 11.1 Å². The first-order valence-electron chi connectivity index (χ1n) is 8.04. The number of pyridine rings is 1. The Morgan fingerprint density at radius 2 is 2.00 bits per heavy atom. The first kappa shape index (κ1) is 17.9. The summed E-state index contributed by atoms with van der Waals surface area (Å²) < 4.78 is 40.9. The summed E-state index contributed by atoms with van der Waals surface area (Å²) in [5.74, 6) is -1.05. The number of alkyl halides is 2. The van der Waals surface area contributed by atoms with Crippen LogP contribution in [0.1, 0.15) is 18.9 Å². The number of likely N-dealkylation sites (N-methyl/N-ethyl adjacent to an activating group) is 1. The van der Waals surface area contributed by atoms with E-state index in [1.807, 2.05) is 6.92 Å². The van der Waals surface area contributed by atoms with Crippen molar-refractivity contribution in [1.29, 1.82) is 0 Å². The summed E-state index contributed by atoms with van der Waals surface area (Å²) in [5, 5.41) is 4.17. The second-order valence-corrected chi connectivity index (χ2v) is 5.88. The molecule has 0 radical (unpaired) electrons.